The number of hydrogen-bond acceptors (Lipinski definition) is 4. The maximum absolute atomic E-state index is 12.2. The van der Waals surface area contributed by atoms with Crippen LogP contribution in [0.25, 0.3) is 0 Å². The fourth-order valence-corrected chi connectivity index (χ4v) is 3.44. The number of nitrogens with one attached hydrogen (secondary N) is 1. The zero-order valence-corrected chi connectivity index (χ0v) is 15.3. The minimum Gasteiger partial charge on any atom is -0.373 e. The van der Waals surface area contributed by atoms with E-state index in [0.717, 1.165) is 52.0 Å². The Kier molecular flexibility index (Phi) is 9.90. The van der Waals surface area contributed by atoms with Gasteiger partial charge in [-0.15, -0.1) is 24.8 Å². The molecule has 2 atom stereocenters. The second-order valence-electron chi connectivity index (χ2n) is 6.71. The van der Waals surface area contributed by atoms with Gasteiger partial charge >= 0.3 is 0 Å². The normalized spacial score (nSPS) is 27.6. The van der Waals surface area contributed by atoms with E-state index in [9.17, 15) is 4.79 Å². The Hall–Kier alpha value is -0.0700. The van der Waals surface area contributed by atoms with Crippen molar-refractivity contribution >= 4 is 30.7 Å². The molecule has 2 fully saturated rings. The molecule has 2 rings (SSSR count). The van der Waals surface area contributed by atoms with Crippen LogP contribution in [0, 0.1) is 11.8 Å². The van der Waals surface area contributed by atoms with Gasteiger partial charge in [-0.05, 0) is 39.2 Å². The lowest BCUT2D eigenvalue weighted by Gasteiger charge is -2.38. The van der Waals surface area contributed by atoms with Gasteiger partial charge in [-0.25, -0.2) is 0 Å². The van der Waals surface area contributed by atoms with Crippen molar-refractivity contribution in [3.05, 3.63) is 0 Å². The van der Waals surface area contributed by atoms with E-state index in [2.05, 4.69) is 24.1 Å². The fraction of sp³-hybridized carbons (Fsp3) is 0.933. The first-order valence-electron chi connectivity index (χ1n) is 7.86. The molecule has 0 bridgehead atoms. The van der Waals surface area contributed by atoms with E-state index in [4.69, 9.17) is 10.5 Å². The quantitative estimate of drug-likeness (QED) is 0.782. The first-order valence-corrected chi connectivity index (χ1v) is 7.86. The SMILES string of the molecule is CC1(C)CN(CCNC(=O)[C@@H]2CCC[C@@H]2CN)CCO1.Cl.Cl. The molecule has 22 heavy (non-hydrogen) atoms. The standard InChI is InChI=1S/C15H29N3O2.2ClH/c1-15(2)11-18(8-9-20-15)7-6-17-14(19)13-5-3-4-12(13)10-16;;/h12-13H,3-11,16H2,1-2H3,(H,17,19);2*1H/t12-,13-;;/m1../s1. The number of ether oxygens (including phenoxy) is 1. The van der Waals surface area contributed by atoms with Gasteiger partial charge in [0.1, 0.15) is 0 Å². The van der Waals surface area contributed by atoms with Crippen molar-refractivity contribution in [3.63, 3.8) is 0 Å². The van der Waals surface area contributed by atoms with Crippen molar-refractivity contribution in [1.29, 1.82) is 0 Å². The fourth-order valence-electron chi connectivity index (χ4n) is 3.44. The van der Waals surface area contributed by atoms with Crippen molar-refractivity contribution in [2.24, 2.45) is 17.6 Å². The van der Waals surface area contributed by atoms with E-state index in [1.807, 2.05) is 0 Å². The Labute approximate surface area is 146 Å². The van der Waals surface area contributed by atoms with E-state index < -0.39 is 0 Å². The molecular formula is C15H31Cl2N3O2. The van der Waals surface area contributed by atoms with Crippen LogP contribution >= 0.6 is 24.8 Å². The molecule has 1 aliphatic carbocycles. The number of nitrogens with two attached hydrogens (primary N) is 1. The van der Waals surface area contributed by atoms with Crippen molar-refractivity contribution in [2.75, 3.05) is 39.3 Å². The molecule has 0 radical (unpaired) electrons. The van der Waals surface area contributed by atoms with Gasteiger partial charge in [-0.3, -0.25) is 9.69 Å². The molecule has 0 aromatic rings. The highest BCUT2D eigenvalue weighted by Crippen LogP contribution is 2.30. The average molecular weight is 356 g/mol. The Morgan fingerprint density at radius 3 is 2.73 bits per heavy atom. The van der Waals surface area contributed by atoms with Gasteiger partial charge in [0.2, 0.25) is 5.91 Å². The molecule has 1 aliphatic heterocycles. The molecule has 1 amide bonds. The van der Waals surface area contributed by atoms with E-state index in [1.54, 1.807) is 0 Å². The van der Waals surface area contributed by atoms with E-state index >= 15 is 0 Å². The minimum absolute atomic E-state index is 0. The van der Waals surface area contributed by atoms with Crippen molar-refractivity contribution in [3.8, 4) is 0 Å². The molecule has 2 aliphatic rings. The Balaban J connectivity index is 0.00000220. The van der Waals surface area contributed by atoms with Gasteiger partial charge in [0, 0.05) is 32.1 Å². The summed E-state index contributed by atoms with van der Waals surface area (Å²) in [4.78, 5) is 14.5. The van der Waals surface area contributed by atoms with Crippen LogP contribution in [0.1, 0.15) is 33.1 Å². The van der Waals surface area contributed by atoms with Crippen molar-refractivity contribution in [1.82, 2.24) is 10.2 Å². The number of rotatable bonds is 5. The third-order valence-corrected chi connectivity index (χ3v) is 4.53. The molecule has 3 N–H and O–H groups in total. The number of carbonyl (C=O) groups excluding carboxylic acids is 1. The van der Waals surface area contributed by atoms with Crippen LogP contribution in [0.3, 0.4) is 0 Å². The van der Waals surface area contributed by atoms with Gasteiger partial charge in [0.25, 0.3) is 0 Å². The molecule has 1 heterocycles. The second-order valence-corrected chi connectivity index (χ2v) is 6.71. The zero-order chi connectivity index (χ0) is 14.6. The van der Waals surface area contributed by atoms with Crippen LogP contribution in [-0.4, -0.2) is 55.7 Å². The van der Waals surface area contributed by atoms with Crippen LogP contribution in [0.5, 0.6) is 0 Å². The Morgan fingerprint density at radius 1 is 1.36 bits per heavy atom. The summed E-state index contributed by atoms with van der Waals surface area (Å²) < 4.78 is 5.69. The molecule has 0 unspecified atom stereocenters. The lowest BCUT2D eigenvalue weighted by atomic mass is 9.95. The Morgan fingerprint density at radius 2 is 2.09 bits per heavy atom. The summed E-state index contributed by atoms with van der Waals surface area (Å²) in [6.07, 6.45) is 3.24. The smallest absolute Gasteiger partial charge is 0.223 e. The summed E-state index contributed by atoms with van der Waals surface area (Å²) in [7, 11) is 0. The number of amides is 1. The minimum atomic E-state index is -0.0711. The summed E-state index contributed by atoms with van der Waals surface area (Å²) in [5.74, 6) is 0.726. The largest absolute Gasteiger partial charge is 0.373 e. The predicted molar refractivity (Wildman–Crippen MR) is 93.9 cm³/mol. The average Bonchev–Trinajstić information content (AvgIpc) is 2.85. The van der Waals surface area contributed by atoms with Crippen LogP contribution in [0.15, 0.2) is 0 Å². The molecule has 0 aromatic carbocycles. The van der Waals surface area contributed by atoms with Crippen LogP contribution in [-0.2, 0) is 9.53 Å². The van der Waals surface area contributed by atoms with Crippen LogP contribution in [0.4, 0.5) is 0 Å². The first kappa shape index (κ1) is 21.9. The highest BCUT2D eigenvalue weighted by molar-refractivity contribution is 5.85. The van der Waals surface area contributed by atoms with Crippen molar-refractivity contribution < 1.29 is 9.53 Å². The van der Waals surface area contributed by atoms with Gasteiger partial charge < -0.3 is 15.8 Å². The maximum atomic E-state index is 12.2. The molecular weight excluding hydrogens is 325 g/mol. The maximum Gasteiger partial charge on any atom is 0.223 e. The summed E-state index contributed by atoms with van der Waals surface area (Å²) in [6.45, 7) is 9.14. The number of nitrogens with zero attached hydrogens (tertiary/aromatic N) is 1. The van der Waals surface area contributed by atoms with Crippen LogP contribution in [0.2, 0.25) is 0 Å². The number of carbonyl (C=O) groups is 1. The van der Waals surface area contributed by atoms with E-state index in [1.165, 1.54) is 0 Å². The number of hydrogen-bond donors (Lipinski definition) is 2. The highest BCUT2D eigenvalue weighted by atomic mass is 35.5. The molecule has 7 heteroatoms. The van der Waals surface area contributed by atoms with Gasteiger partial charge in [-0.2, -0.15) is 0 Å². The molecule has 132 valence electrons. The number of morpholine rings is 1. The van der Waals surface area contributed by atoms with Gasteiger partial charge in [-0.1, -0.05) is 6.42 Å². The van der Waals surface area contributed by atoms with E-state index in [-0.39, 0.29) is 42.2 Å². The molecule has 0 aromatic heterocycles. The lowest BCUT2D eigenvalue weighted by molar-refractivity contribution is -0.126. The highest BCUT2D eigenvalue weighted by Gasteiger charge is 2.32. The second kappa shape index (κ2) is 9.93. The third kappa shape index (κ3) is 6.20. The molecule has 1 saturated carbocycles. The zero-order valence-electron chi connectivity index (χ0n) is 13.7. The van der Waals surface area contributed by atoms with Gasteiger partial charge in [0.05, 0.1) is 12.2 Å². The summed E-state index contributed by atoms with van der Waals surface area (Å²) in [5.41, 5.74) is 5.66. The van der Waals surface area contributed by atoms with Gasteiger partial charge in [0.15, 0.2) is 0 Å². The molecule has 0 spiro atoms. The van der Waals surface area contributed by atoms with E-state index in [0.29, 0.717) is 12.5 Å². The van der Waals surface area contributed by atoms with Crippen molar-refractivity contribution in [2.45, 2.75) is 38.7 Å². The third-order valence-electron chi connectivity index (χ3n) is 4.53. The topological polar surface area (TPSA) is 67.6 Å². The lowest BCUT2D eigenvalue weighted by Crippen LogP contribution is -2.50. The number of halogens is 2. The predicted octanol–water partition coefficient (Wildman–Crippen LogP) is 1.43. The Bertz CT molecular complexity index is 343. The summed E-state index contributed by atoms with van der Waals surface area (Å²) in [5, 5.41) is 3.09. The monoisotopic (exact) mass is 355 g/mol. The summed E-state index contributed by atoms with van der Waals surface area (Å²) in [6, 6.07) is 0. The molecule has 5 nitrogen and oxygen atoms in total. The molecule has 1 saturated heterocycles. The summed E-state index contributed by atoms with van der Waals surface area (Å²) >= 11 is 0. The first-order chi connectivity index (χ1) is 9.52. The van der Waals surface area contributed by atoms with Crippen LogP contribution < -0.4 is 11.1 Å².